The molecule has 5 atom stereocenters. The van der Waals surface area contributed by atoms with Gasteiger partial charge in [-0.1, -0.05) is 6.92 Å². The van der Waals surface area contributed by atoms with Crippen molar-refractivity contribution in [3.63, 3.8) is 0 Å². The van der Waals surface area contributed by atoms with Crippen LogP contribution in [-0.2, 0) is 29.5 Å². The summed E-state index contributed by atoms with van der Waals surface area (Å²) in [5.74, 6) is -1.54. The Balaban J connectivity index is 2.03. The zero-order valence-corrected chi connectivity index (χ0v) is 22.6. The number of fused-ring (bicyclic) bond motifs is 2. The number of carbonyl (C=O) groups is 3. The summed E-state index contributed by atoms with van der Waals surface area (Å²) in [5.41, 5.74) is -0.0594. The van der Waals surface area contributed by atoms with Crippen LogP contribution >= 0.6 is 0 Å². The van der Waals surface area contributed by atoms with Crippen molar-refractivity contribution in [2.75, 3.05) is 30.5 Å². The molecule has 2 aliphatic rings. The van der Waals surface area contributed by atoms with Gasteiger partial charge in [0, 0.05) is 42.3 Å². The summed E-state index contributed by atoms with van der Waals surface area (Å²) in [7, 11) is -1.48. The first-order valence-electron chi connectivity index (χ1n) is 12.4. The molecule has 0 unspecified atom stereocenters. The zero-order valence-electron chi connectivity index (χ0n) is 21.6. The van der Waals surface area contributed by atoms with Crippen LogP contribution in [-0.4, -0.2) is 73.6 Å². The van der Waals surface area contributed by atoms with Crippen molar-refractivity contribution in [1.82, 2.24) is 0 Å². The maximum absolute atomic E-state index is 14.1. The maximum Gasteiger partial charge on any atom is 0.305 e. The van der Waals surface area contributed by atoms with Crippen LogP contribution in [0.2, 0.25) is 18.6 Å². The predicted molar refractivity (Wildman–Crippen MR) is 136 cm³/mol. The lowest BCUT2D eigenvalue weighted by molar-refractivity contribution is -0.146. The molecular weight excluding hydrogens is 484 g/mol. The normalized spacial score (nSPS) is 26.3. The molecular formula is C25H38N2O8Si. The molecule has 1 saturated heterocycles. The number of ether oxygens (including phenoxy) is 2. The quantitative estimate of drug-likeness (QED) is 0.207. The number of aliphatic hydroxyl groups excluding tert-OH is 2. The van der Waals surface area contributed by atoms with E-state index in [4.69, 9.17) is 9.47 Å². The molecule has 11 heteroatoms. The molecule has 0 bridgehead atoms. The molecule has 3 rings (SSSR count). The molecule has 2 heterocycles. The third-order valence-corrected chi connectivity index (χ3v) is 9.79. The second kappa shape index (κ2) is 11.0. The molecule has 1 spiro atoms. The van der Waals surface area contributed by atoms with E-state index >= 15 is 0 Å². The summed E-state index contributed by atoms with van der Waals surface area (Å²) in [4.78, 5) is 50.5. The van der Waals surface area contributed by atoms with Crippen molar-refractivity contribution < 1.29 is 38.9 Å². The van der Waals surface area contributed by atoms with Gasteiger partial charge in [0.1, 0.15) is 6.10 Å². The fraction of sp³-hybridized carbons (Fsp3) is 0.640. The molecule has 2 amide bonds. The highest BCUT2D eigenvalue weighted by Gasteiger charge is 2.66. The number of hydrogen-bond acceptors (Lipinski definition) is 8. The number of rotatable bonds is 10. The molecule has 0 aliphatic carbocycles. The first-order chi connectivity index (χ1) is 16.9. The molecule has 10 nitrogen and oxygen atoms in total. The van der Waals surface area contributed by atoms with E-state index in [1.54, 1.807) is 23.1 Å². The highest BCUT2D eigenvalue weighted by Crippen LogP contribution is 2.59. The van der Waals surface area contributed by atoms with Crippen molar-refractivity contribution in [1.29, 1.82) is 0 Å². The largest absolute Gasteiger partial charge is 0.469 e. The van der Waals surface area contributed by atoms with E-state index in [0.29, 0.717) is 36.3 Å². The summed E-state index contributed by atoms with van der Waals surface area (Å²) < 4.78 is 11.2. The average Bonchev–Trinajstić information content (AvgIpc) is 3.23. The van der Waals surface area contributed by atoms with Crippen LogP contribution in [0.4, 0.5) is 11.4 Å². The zero-order chi connectivity index (χ0) is 26.8. The van der Waals surface area contributed by atoms with Crippen molar-refractivity contribution in [3.8, 4) is 0 Å². The number of aliphatic hydroxyl groups is 2. The van der Waals surface area contributed by atoms with Gasteiger partial charge in [-0.3, -0.25) is 14.4 Å². The number of methoxy groups -OCH3 is 1. The van der Waals surface area contributed by atoms with Crippen molar-refractivity contribution in [2.45, 2.75) is 76.0 Å². The Hall–Kier alpha value is -2.31. The minimum absolute atomic E-state index is 0.142. The number of nitrogens with one attached hydrogen (secondary N) is 1. The fourth-order valence-corrected chi connectivity index (χ4v) is 8.27. The Bertz CT molecular complexity index is 995. The van der Waals surface area contributed by atoms with E-state index in [-0.39, 0.29) is 36.9 Å². The van der Waals surface area contributed by atoms with Gasteiger partial charge in [-0.25, -0.2) is 0 Å². The van der Waals surface area contributed by atoms with E-state index < -0.39 is 38.0 Å². The van der Waals surface area contributed by atoms with Gasteiger partial charge in [-0.05, 0) is 57.5 Å². The Morgan fingerprint density at radius 1 is 1.31 bits per heavy atom. The number of amides is 2. The van der Waals surface area contributed by atoms with Gasteiger partial charge in [0.05, 0.1) is 18.9 Å². The summed E-state index contributed by atoms with van der Waals surface area (Å²) in [6.07, 6.45) is -0.0733. The number of carbonyl (C=O) groups excluding carboxylic acids is 3. The monoisotopic (exact) mass is 522 g/mol. The number of anilines is 2. The van der Waals surface area contributed by atoms with Crippen LogP contribution < -0.4 is 10.2 Å². The van der Waals surface area contributed by atoms with E-state index in [2.05, 4.69) is 5.32 Å². The molecule has 2 aliphatic heterocycles. The molecule has 1 fully saturated rings. The van der Waals surface area contributed by atoms with Gasteiger partial charge in [0.25, 0.3) is 11.8 Å². The molecule has 1 aromatic carbocycles. The van der Waals surface area contributed by atoms with Gasteiger partial charge in [0.2, 0.25) is 0 Å². The Morgan fingerprint density at radius 2 is 2.00 bits per heavy atom. The highest BCUT2D eigenvalue weighted by molar-refractivity contribution is 6.71. The minimum atomic E-state index is -2.82. The molecule has 200 valence electrons. The lowest BCUT2D eigenvalue weighted by atomic mass is 9.82. The number of benzene rings is 1. The van der Waals surface area contributed by atoms with E-state index in [1.807, 2.05) is 20.0 Å². The minimum Gasteiger partial charge on any atom is -0.469 e. The van der Waals surface area contributed by atoms with Crippen molar-refractivity contribution >= 4 is 37.5 Å². The Labute approximate surface area is 212 Å². The number of esters is 1. The van der Waals surface area contributed by atoms with Crippen LogP contribution in [0.3, 0.4) is 0 Å². The topological polar surface area (TPSA) is 146 Å². The second-order valence-corrected chi connectivity index (χ2v) is 14.2. The first-order valence-corrected chi connectivity index (χ1v) is 15.4. The second-order valence-electron chi connectivity index (χ2n) is 10.3. The van der Waals surface area contributed by atoms with Crippen LogP contribution in [0.15, 0.2) is 18.2 Å². The van der Waals surface area contributed by atoms with E-state index in [1.165, 1.54) is 14.0 Å². The number of unbranched alkanes of at least 4 members (excludes halogenated alkanes) is 1. The van der Waals surface area contributed by atoms with Crippen LogP contribution in [0.25, 0.3) is 0 Å². The lowest BCUT2D eigenvalue weighted by Gasteiger charge is -2.32. The predicted octanol–water partition coefficient (Wildman–Crippen LogP) is 1.88. The smallest absolute Gasteiger partial charge is 0.305 e. The lowest BCUT2D eigenvalue weighted by Crippen LogP contribution is -2.46. The molecule has 0 aromatic heterocycles. The highest BCUT2D eigenvalue weighted by atomic mass is 28.4. The molecule has 36 heavy (non-hydrogen) atoms. The van der Waals surface area contributed by atoms with Gasteiger partial charge in [-0.15, -0.1) is 0 Å². The van der Waals surface area contributed by atoms with Gasteiger partial charge < -0.3 is 34.7 Å². The summed E-state index contributed by atoms with van der Waals surface area (Å²) in [5, 5.41) is 22.0. The van der Waals surface area contributed by atoms with Gasteiger partial charge in [-0.2, -0.15) is 0 Å². The first kappa shape index (κ1) is 28.3. The average molecular weight is 523 g/mol. The Kier molecular flexibility index (Phi) is 8.61. The third-order valence-electron chi connectivity index (χ3n) is 7.28. The van der Waals surface area contributed by atoms with E-state index in [0.717, 1.165) is 0 Å². The maximum atomic E-state index is 14.1. The standard InChI is InChI=1S/C25H38N2O8Si/c1-15-22(36(4,5)33)20(11-13-28)35-25(15)18-14-17(26-23(31)16(2)29)9-10-19(18)27(24(25)32)12-7-6-8-21(30)34-3/h9-10,14-16,20,22,28-29,33H,6-8,11-13H2,1-5H3,(H,26,31)/t15-,16-,20+,22-,25+/m0/s1. The van der Waals surface area contributed by atoms with Crippen LogP contribution in [0.1, 0.15) is 45.1 Å². The summed E-state index contributed by atoms with van der Waals surface area (Å²) >= 11 is 0. The van der Waals surface area contributed by atoms with Crippen LogP contribution in [0, 0.1) is 5.92 Å². The van der Waals surface area contributed by atoms with Gasteiger partial charge >= 0.3 is 5.97 Å². The summed E-state index contributed by atoms with van der Waals surface area (Å²) in [6.45, 7) is 7.10. The molecule has 0 radical (unpaired) electrons. The molecule has 0 saturated carbocycles. The summed E-state index contributed by atoms with van der Waals surface area (Å²) in [6, 6.07) is 5.11. The molecule has 4 N–H and O–H groups in total. The Morgan fingerprint density at radius 3 is 2.58 bits per heavy atom. The SMILES string of the molecule is COC(=O)CCCCN1C(=O)[C@]2(O[C@H](CCO)[C@@H]([Si](C)(C)O)[C@@H]2C)c2cc(NC(=O)[C@H](C)O)ccc21. The van der Waals surface area contributed by atoms with E-state index in [9.17, 15) is 29.4 Å². The van der Waals surface area contributed by atoms with Crippen LogP contribution in [0.5, 0.6) is 0 Å². The van der Waals surface area contributed by atoms with Crippen molar-refractivity contribution in [2.24, 2.45) is 5.92 Å². The van der Waals surface area contributed by atoms with Crippen molar-refractivity contribution in [3.05, 3.63) is 23.8 Å². The number of nitrogens with zero attached hydrogens (tertiary/aromatic N) is 1. The molecule has 1 aromatic rings. The fourth-order valence-electron chi connectivity index (χ4n) is 5.66. The number of hydrogen-bond donors (Lipinski definition) is 4. The van der Waals surface area contributed by atoms with Gasteiger partial charge in [0.15, 0.2) is 13.9 Å². The third kappa shape index (κ3) is 5.21.